The Morgan fingerprint density at radius 3 is 2.32 bits per heavy atom. The molecule has 1 heterocycles. The highest BCUT2D eigenvalue weighted by Gasteiger charge is 2.31. The summed E-state index contributed by atoms with van der Waals surface area (Å²) in [5.41, 5.74) is -1.07. The number of nitrogens with zero attached hydrogens (tertiary/aromatic N) is 3. The zero-order chi connectivity index (χ0) is 16.0. The lowest BCUT2D eigenvalue weighted by Gasteiger charge is -2.07. The Labute approximate surface area is 123 Å². The monoisotopic (exact) mass is 327 g/mol. The van der Waals surface area contributed by atoms with Gasteiger partial charge < -0.3 is 0 Å². The maximum Gasteiger partial charge on any atom is 0.416 e. The first-order valence-corrected chi connectivity index (χ1v) is 7.47. The van der Waals surface area contributed by atoms with Crippen molar-refractivity contribution in [3.05, 3.63) is 54.1 Å². The fourth-order valence-electron chi connectivity index (χ4n) is 1.95. The quantitative estimate of drug-likeness (QED) is 0.726. The van der Waals surface area contributed by atoms with E-state index in [1.165, 1.54) is 24.3 Å². The molecule has 0 aliphatic rings. The van der Waals surface area contributed by atoms with Crippen LogP contribution in [-0.4, -0.2) is 22.8 Å². The van der Waals surface area contributed by atoms with Gasteiger partial charge in [0.1, 0.15) is 11.0 Å². The molecule has 0 bridgehead atoms. The Bertz CT molecular complexity index is 934. The predicted octanol–water partition coefficient (Wildman–Crippen LogP) is 2.69. The van der Waals surface area contributed by atoms with E-state index in [1.54, 1.807) is 6.07 Å². The summed E-state index contributed by atoms with van der Waals surface area (Å²) in [5.74, 6) is 0. The predicted molar refractivity (Wildman–Crippen MR) is 71.6 cm³/mol. The van der Waals surface area contributed by atoms with Crippen LogP contribution >= 0.6 is 0 Å². The number of rotatable bonds is 2. The Kier molecular flexibility index (Phi) is 3.17. The Morgan fingerprint density at radius 1 is 1.00 bits per heavy atom. The number of aromatic nitrogens is 3. The van der Waals surface area contributed by atoms with E-state index in [4.69, 9.17) is 0 Å². The summed E-state index contributed by atoms with van der Waals surface area (Å²) >= 11 is 0. The Hall–Kier alpha value is -2.42. The molecule has 0 fully saturated rings. The first-order valence-electron chi connectivity index (χ1n) is 6.03. The van der Waals surface area contributed by atoms with E-state index in [2.05, 4.69) is 10.3 Å². The van der Waals surface area contributed by atoms with Crippen LogP contribution in [0.15, 0.2) is 53.4 Å². The molecule has 0 aliphatic carbocycles. The second kappa shape index (κ2) is 4.80. The Balaban J connectivity index is 2.18. The second-order valence-electron chi connectivity index (χ2n) is 4.45. The minimum absolute atomic E-state index is 0.0168. The zero-order valence-electron chi connectivity index (χ0n) is 10.8. The van der Waals surface area contributed by atoms with Crippen molar-refractivity contribution in [2.45, 2.75) is 11.1 Å². The summed E-state index contributed by atoms with van der Waals surface area (Å²) in [7, 11) is -4.01. The van der Waals surface area contributed by atoms with Gasteiger partial charge in [-0.05, 0) is 30.3 Å². The molecule has 2 aromatic carbocycles. The summed E-state index contributed by atoms with van der Waals surface area (Å²) < 4.78 is 63.4. The topological polar surface area (TPSA) is 64.8 Å². The maximum atomic E-state index is 12.6. The van der Waals surface area contributed by atoms with E-state index >= 15 is 0 Å². The molecule has 0 amide bonds. The van der Waals surface area contributed by atoms with Gasteiger partial charge in [0.05, 0.1) is 10.5 Å². The normalized spacial score (nSPS) is 12.7. The van der Waals surface area contributed by atoms with E-state index < -0.39 is 21.8 Å². The van der Waals surface area contributed by atoms with Gasteiger partial charge in [-0.1, -0.05) is 23.4 Å². The number of fused-ring (bicyclic) bond motifs is 1. The fourth-order valence-corrected chi connectivity index (χ4v) is 3.20. The van der Waals surface area contributed by atoms with Crippen LogP contribution in [0.4, 0.5) is 13.2 Å². The van der Waals surface area contributed by atoms with Crippen LogP contribution in [0.5, 0.6) is 0 Å². The van der Waals surface area contributed by atoms with Crippen molar-refractivity contribution in [2.24, 2.45) is 0 Å². The van der Waals surface area contributed by atoms with Gasteiger partial charge in [0.15, 0.2) is 0 Å². The molecule has 0 unspecified atom stereocenters. The second-order valence-corrected chi connectivity index (χ2v) is 6.22. The smallest absolute Gasteiger partial charge is 0.199 e. The standard InChI is InChI=1S/C13H8F3N3O2S/c14-13(15,16)9-6-7-12-11(8-9)17-18-19(12)22(20,21)10-4-2-1-3-5-10/h1-8H. The van der Waals surface area contributed by atoms with Gasteiger partial charge in [-0.3, -0.25) is 0 Å². The molecule has 0 radical (unpaired) electrons. The minimum Gasteiger partial charge on any atom is -0.199 e. The van der Waals surface area contributed by atoms with E-state index in [1.807, 2.05) is 0 Å². The van der Waals surface area contributed by atoms with E-state index in [0.29, 0.717) is 4.09 Å². The van der Waals surface area contributed by atoms with Gasteiger partial charge in [0.25, 0.3) is 10.0 Å². The van der Waals surface area contributed by atoms with Gasteiger partial charge >= 0.3 is 6.18 Å². The lowest BCUT2D eigenvalue weighted by atomic mass is 10.2. The van der Waals surface area contributed by atoms with Crippen molar-refractivity contribution >= 4 is 21.1 Å². The molecular formula is C13H8F3N3O2S. The lowest BCUT2D eigenvalue weighted by Crippen LogP contribution is -2.14. The van der Waals surface area contributed by atoms with Gasteiger partial charge in [-0.2, -0.15) is 21.6 Å². The molecule has 0 aliphatic heterocycles. The number of halogens is 3. The van der Waals surface area contributed by atoms with Crippen molar-refractivity contribution in [3.8, 4) is 0 Å². The third kappa shape index (κ3) is 2.33. The number of benzene rings is 2. The molecule has 22 heavy (non-hydrogen) atoms. The zero-order valence-corrected chi connectivity index (χ0v) is 11.6. The van der Waals surface area contributed by atoms with E-state index in [-0.39, 0.29) is 15.9 Å². The van der Waals surface area contributed by atoms with E-state index in [9.17, 15) is 21.6 Å². The fraction of sp³-hybridized carbons (Fsp3) is 0.0769. The van der Waals surface area contributed by atoms with Crippen LogP contribution in [0, 0.1) is 0 Å². The van der Waals surface area contributed by atoms with Crippen molar-refractivity contribution in [3.63, 3.8) is 0 Å². The van der Waals surface area contributed by atoms with E-state index in [0.717, 1.165) is 18.2 Å². The van der Waals surface area contributed by atoms with Gasteiger partial charge in [-0.15, -0.1) is 9.19 Å². The lowest BCUT2D eigenvalue weighted by molar-refractivity contribution is -0.137. The molecule has 0 atom stereocenters. The maximum absolute atomic E-state index is 12.6. The molecule has 9 heteroatoms. The Morgan fingerprint density at radius 2 is 1.68 bits per heavy atom. The third-order valence-electron chi connectivity index (χ3n) is 3.01. The highest BCUT2D eigenvalue weighted by atomic mass is 32.2. The molecule has 0 spiro atoms. The SMILES string of the molecule is O=S(=O)(c1ccccc1)n1nnc2cc(C(F)(F)F)ccc21. The van der Waals surface area contributed by atoms with Crippen LogP contribution in [0.25, 0.3) is 11.0 Å². The summed E-state index contributed by atoms with van der Waals surface area (Å²) in [5, 5.41) is 7.00. The van der Waals surface area contributed by atoms with Crippen LogP contribution in [0.1, 0.15) is 5.56 Å². The molecular weight excluding hydrogens is 319 g/mol. The van der Waals surface area contributed by atoms with Gasteiger partial charge in [-0.25, -0.2) is 0 Å². The van der Waals surface area contributed by atoms with Crippen LogP contribution < -0.4 is 0 Å². The van der Waals surface area contributed by atoms with Crippen molar-refractivity contribution in [2.75, 3.05) is 0 Å². The molecule has 5 nitrogen and oxygen atoms in total. The van der Waals surface area contributed by atoms with Crippen LogP contribution in [0.3, 0.4) is 0 Å². The van der Waals surface area contributed by atoms with Crippen molar-refractivity contribution < 1.29 is 21.6 Å². The molecule has 0 N–H and O–H groups in total. The summed E-state index contributed by atoms with van der Waals surface area (Å²) in [6.45, 7) is 0. The van der Waals surface area contributed by atoms with Gasteiger partial charge in [0, 0.05) is 0 Å². The first kappa shape index (κ1) is 14.5. The molecule has 3 rings (SSSR count). The summed E-state index contributed by atoms with van der Waals surface area (Å²) in [6.07, 6.45) is -4.53. The molecule has 1 aromatic heterocycles. The molecule has 114 valence electrons. The first-order chi connectivity index (χ1) is 10.3. The van der Waals surface area contributed by atoms with Crippen molar-refractivity contribution in [1.29, 1.82) is 0 Å². The average molecular weight is 327 g/mol. The molecule has 3 aromatic rings. The minimum atomic E-state index is -4.53. The highest BCUT2D eigenvalue weighted by Crippen LogP contribution is 2.31. The van der Waals surface area contributed by atoms with Gasteiger partial charge in [0.2, 0.25) is 0 Å². The number of hydrogen-bond donors (Lipinski definition) is 0. The molecule has 0 saturated carbocycles. The largest absolute Gasteiger partial charge is 0.416 e. The van der Waals surface area contributed by atoms with Crippen molar-refractivity contribution in [1.82, 2.24) is 14.4 Å². The van der Waals surface area contributed by atoms with Crippen LogP contribution in [-0.2, 0) is 16.2 Å². The number of hydrogen-bond acceptors (Lipinski definition) is 4. The summed E-state index contributed by atoms with van der Waals surface area (Å²) in [4.78, 5) is -0.0262. The number of alkyl halides is 3. The molecule has 0 saturated heterocycles. The average Bonchev–Trinajstić information content (AvgIpc) is 2.91. The third-order valence-corrected chi connectivity index (χ3v) is 4.60. The summed E-state index contributed by atoms with van der Waals surface area (Å²) in [6, 6.07) is 10.1. The van der Waals surface area contributed by atoms with Crippen LogP contribution in [0.2, 0.25) is 0 Å². The highest BCUT2D eigenvalue weighted by molar-refractivity contribution is 7.90.